The van der Waals surface area contributed by atoms with Gasteiger partial charge in [0.1, 0.15) is 0 Å². The van der Waals surface area contributed by atoms with Gasteiger partial charge < -0.3 is 19.9 Å². The molecular formula is C28H38N6O3. The quantitative estimate of drug-likeness (QED) is 0.685. The van der Waals surface area contributed by atoms with E-state index in [9.17, 15) is 9.59 Å². The number of nitrogens with one attached hydrogen (secondary N) is 1. The number of aryl methyl sites for hydroxylation is 1. The molecule has 1 spiro atoms. The zero-order valence-electron chi connectivity index (χ0n) is 22.0. The highest BCUT2D eigenvalue weighted by molar-refractivity contribution is 5.88. The number of carbonyl (C=O) groups excluding carboxylic acids is 2. The van der Waals surface area contributed by atoms with Crippen molar-refractivity contribution in [1.29, 1.82) is 0 Å². The lowest BCUT2D eigenvalue weighted by Gasteiger charge is -2.45. The molecule has 5 heterocycles. The van der Waals surface area contributed by atoms with Crippen molar-refractivity contribution in [2.24, 2.45) is 11.8 Å². The summed E-state index contributed by atoms with van der Waals surface area (Å²) in [6.45, 7) is 11.1. The topological polar surface area (TPSA) is 82.9 Å². The van der Waals surface area contributed by atoms with E-state index in [1.54, 1.807) is 12.3 Å². The molecule has 9 heteroatoms. The normalized spacial score (nSPS) is 25.1. The number of amides is 2. The first-order chi connectivity index (χ1) is 17.9. The number of benzene rings is 1. The largest absolute Gasteiger partial charge is 0.381 e. The first kappa shape index (κ1) is 24.4. The van der Waals surface area contributed by atoms with Crippen LogP contribution in [0.5, 0.6) is 0 Å². The fraction of sp³-hybridized carbons (Fsp3) is 0.607. The monoisotopic (exact) mass is 506 g/mol. The van der Waals surface area contributed by atoms with Crippen LogP contribution in [-0.2, 0) is 16.1 Å². The van der Waals surface area contributed by atoms with Crippen LogP contribution in [0.25, 0.3) is 0 Å². The Kier molecular flexibility index (Phi) is 6.44. The second kappa shape index (κ2) is 9.76. The van der Waals surface area contributed by atoms with Crippen LogP contribution in [0.4, 0.5) is 16.3 Å². The summed E-state index contributed by atoms with van der Waals surface area (Å²) in [7, 11) is 0. The number of fused-ring (bicyclic) bond motifs is 1. The summed E-state index contributed by atoms with van der Waals surface area (Å²) in [6.07, 6.45) is 5.97. The van der Waals surface area contributed by atoms with E-state index < -0.39 is 0 Å². The molecule has 1 aromatic carbocycles. The predicted molar refractivity (Wildman–Crippen MR) is 142 cm³/mol. The first-order valence-electron chi connectivity index (χ1n) is 13.7. The molecule has 4 saturated heterocycles. The number of aromatic nitrogens is 2. The average molecular weight is 507 g/mol. The average Bonchev–Trinajstić information content (AvgIpc) is 3.65. The van der Waals surface area contributed by atoms with Crippen LogP contribution in [0.1, 0.15) is 43.7 Å². The van der Waals surface area contributed by atoms with Gasteiger partial charge >= 0.3 is 6.03 Å². The molecule has 37 heavy (non-hydrogen) atoms. The lowest BCUT2D eigenvalue weighted by Crippen LogP contribution is -2.53. The van der Waals surface area contributed by atoms with Gasteiger partial charge in [0.2, 0.25) is 5.91 Å². The Morgan fingerprint density at radius 2 is 1.84 bits per heavy atom. The molecule has 2 unspecified atom stereocenters. The molecule has 9 nitrogen and oxygen atoms in total. The second-order valence-corrected chi connectivity index (χ2v) is 11.4. The number of anilines is 2. The number of nitrogens with zero attached hydrogens (tertiary/aromatic N) is 5. The Morgan fingerprint density at radius 1 is 1.08 bits per heavy atom. The van der Waals surface area contributed by atoms with E-state index in [4.69, 9.17) is 4.74 Å². The highest BCUT2D eigenvalue weighted by atomic mass is 16.5. The molecule has 0 radical (unpaired) electrons. The zero-order chi connectivity index (χ0) is 25.6. The molecule has 2 amide bonds. The molecule has 2 aromatic rings. The van der Waals surface area contributed by atoms with Crippen LogP contribution < -0.4 is 10.2 Å². The highest BCUT2D eigenvalue weighted by Gasteiger charge is 2.44. The van der Waals surface area contributed by atoms with Gasteiger partial charge in [-0.2, -0.15) is 4.68 Å². The molecule has 198 valence electrons. The summed E-state index contributed by atoms with van der Waals surface area (Å²) in [5.41, 5.74) is 4.29. The van der Waals surface area contributed by atoms with Gasteiger partial charge in [-0.05, 0) is 56.3 Å². The Morgan fingerprint density at radius 3 is 2.57 bits per heavy atom. The van der Waals surface area contributed by atoms with E-state index in [-0.39, 0.29) is 17.5 Å². The van der Waals surface area contributed by atoms with Gasteiger partial charge in [-0.3, -0.25) is 9.69 Å². The van der Waals surface area contributed by atoms with E-state index in [0.717, 1.165) is 65.3 Å². The Labute approximate surface area is 218 Å². The maximum absolute atomic E-state index is 13.1. The van der Waals surface area contributed by atoms with Gasteiger partial charge in [0, 0.05) is 75.0 Å². The summed E-state index contributed by atoms with van der Waals surface area (Å²) in [6, 6.07) is 8.50. The number of rotatable bonds is 4. The van der Waals surface area contributed by atoms with Crippen LogP contribution >= 0.6 is 0 Å². The van der Waals surface area contributed by atoms with E-state index in [1.165, 1.54) is 41.3 Å². The predicted octanol–water partition coefficient (Wildman–Crippen LogP) is 3.33. The molecule has 1 aromatic heterocycles. The number of likely N-dealkylation sites (tertiary alicyclic amines) is 2. The van der Waals surface area contributed by atoms with Gasteiger partial charge in [0.25, 0.3) is 0 Å². The summed E-state index contributed by atoms with van der Waals surface area (Å²) in [5, 5.41) is 6.86. The third-order valence-corrected chi connectivity index (χ3v) is 8.98. The third kappa shape index (κ3) is 4.75. The minimum Gasteiger partial charge on any atom is -0.381 e. The number of hydrogen-bond donors (Lipinski definition) is 1. The van der Waals surface area contributed by atoms with E-state index in [1.807, 2.05) is 4.90 Å². The van der Waals surface area contributed by atoms with Crippen molar-refractivity contribution in [3.05, 3.63) is 41.6 Å². The zero-order valence-corrected chi connectivity index (χ0v) is 22.0. The van der Waals surface area contributed by atoms with Crippen molar-refractivity contribution < 1.29 is 14.3 Å². The lowest BCUT2D eigenvalue weighted by atomic mass is 9.84. The van der Waals surface area contributed by atoms with Crippen molar-refractivity contribution in [3.63, 3.8) is 0 Å². The van der Waals surface area contributed by atoms with Crippen LogP contribution in [0.15, 0.2) is 30.5 Å². The minimum atomic E-state index is -0.197. The second-order valence-electron chi connectivity index (χ2n) is 11.4. The van der Waals surface area contributed by atoms with E-state index in [2.05, 4.69) is 45.3 Å². The third-order valence-electron chi connectivity index (χ3n) is 8.98. The molecule has 0 saturated carbocycles. The Hall–Kier alpha value is -2.91. The SMILES string of the molecule is CC(=O)Nc1ccn(C(=O)N2CCC3(CCCN3Cc3ccc(C)cc3N3CC4COCC4C3)CC2)n1. The molecule has 6 rings (SSSR count). The van der Waals surface area contributed by atoms with Gasteiger partial charge in [-0.15, -0.1) is 5.10 Å². The van der Waals surface area contributed by atoms with Crippen molar-refractivity contribution in [1.82, 2.24) is 19.6 Å². The fourth-order valence-electron chi connectivity index (χ4n) is 6.94. The molecule has 4 fully saturated rings. The molecule has 0 aliphatic carbocycles. The van der Waals surface area contributed by atoms with Crippen LogP contribution in [-0.4, -0.2) is 83.0 Å². The van der Waals surface area contributed by atoms with Crippen LogP contribution in [0.2, 0.25) is 0 Å². The van der Waals surface area contributed by atoms with Gasteiger partial charge in [-0.25, -0.2) is 4.79 Å². The van der Waals surface area contributed by atoms with Crippen LogP contribution in [0, 0.1) is 18.8 Å². The number of ether oxygens (including phenoxy) is 1. The smallest absolute Gasteiger partial charge is 0.344 e. The van der Waals surface area contributed by atoms with E-state index >= 15 is 0 Å². The number of carbonyl (C=O) groups is 2. The summed E-state index contributed by atoms with van der Waals surface area (Å²) in [4.78, 5) is 31.6. The van der Waals surface area contributed by atoms with Crippen molar-refractivity contribution in [2.45, 2.75) is 51.6 Å². The van der Waals surface area contributed by atoms with Crippen molar-refractivity contribution in [3.8, 4) is 0 Å². The molecule has 4 aliphatic heterocycles. The maximum atomic E-state index is 13.1. The molecule has 4 aliphatic rings. The molecule has 1 N–H and O–H groups in total. The summed E-state index contributed by atoms with van der Waals surface area (Å²) < 4.78 is 7.06. The Balaban J connectivity index is 1.13. The molecule has 0 bridgehead atoms. The van der Waals surface area contributed by atoms with Crippen LogP contribution in [0.3, 0.4) is 0 Å². The lowest BCUT2D eigenvalue weighted by molar-refractivity contribution is -0.114. The Bertz CT molecular complexity index is 1160. The summed E-state index contributed by atoms with van der Waals surface area (Å²) >= 11 is 0. The minimum absolute atomic E-state index is 0.125. The van der Waals surface area contributed by atoms with Gasteiger partial charge in [0.05, 0.1) is 13.2 Å². The van der Waals surface area contributed by atoms with Gasteiger partial charge in [0.15, 0.2) is 5.82 Å². The maximum Gasteiger partial charge on any atom is 0.344 e. The molecular weight excluding hydrogens is 468 g/mol. The number of hydrogen-bond acceptors (Lipinski definition) is 6. The fourth-order valence-corrected chi connectivity index (χ4v) is 6.94. The highest BCUT2D eigenvalue weighted by Crippen LogP contribution is 2.41. The first-order valence-corrected chi connectivity index (χ1v) is 13.7. The standard InChI is InChI=1S/C28H38N6O3/c1-20-4-5-22(25(14-20)32-15-23-18-37-19-24(23)16-32)17-33-10-3-7-28(33)8-12-31(13-9-28)27(36)34-11-6-26(30-34)29-21(2)35/h4-6,11,14,23-24H,3,7-10,12-13,15-19H2,1-2H3,(H,29,30,35). The van der Waals surface area contributed by atoms with E-state index in [0.29, 0.717) is 17.7 Å². The van der Waals surface area contributed by atoms with Gasteiger partial charge in [-0.1, -0.05) is 12.1 Å². The number of piperidine rings is 1. The van der Waals surface area contributed by atoms with Crippen molar-refractivity contribution >= 4 is 23.4 Å². The van der Waals surface area contributed by atoms with Crippen molar-refractivity contribution in [2.75, 3.05) is 56.2 Å². The molecule has 2 atom stereocenters. The summed E-state index contributed by atoms with van der Waals surface area (Å²) in [5.74, 6) is 1.53.